The van der Waals surface area contributed by atoms with Gasteiger partial charge in [-0.05, 0) is 43.5 Å². The van der Waals surface area contributed by atoms with E-state index in [9.17, 15) is 4.79 Å². The third-order valence-corrected chi connectivity index (χ3v) is 5.08. The third kappa shape index (κ3) is 5.83. The second-order valence-electron chi connectivity index (χ2n) is 6.09. The Morgan fingerprint density at radius 1 is 1.27 bits per heavy atom. The van der Waals surface area contributed by atoms with Crippen molar-refractivity contribution in [3.05, 3.63) is 54.2 Å². The van der Waals surface area contributed by atoms with Crippen LogP contribution in [0.15, 0.2) is 58.6 Å². The lowest BCUT2D eigenvalue weighted by atomic mass is 10.2. The zero-order valence-electron chi connectivity index (χ0n) is 14.7. The van der Waals surface area contributed by atoms with E-state index >= 15 is 0 Å². The van der Waals surface area contributed by atoms with Crippen LogP contribution in [-0.2, 0) is 9.47 Å². The fraction of sp³-hybridized carbons (Fsp3) is 0.400. The van der Waals surface area contributed by atoms with Crippen molar-refractivity contribution >= 4 is 17.7 Å². The van der Waals surface area contributed by atoms with Crippen molar-refractivity contribution in [1.82, 2.24) is 10.3 Å². The summed E-state index contributed by atoms with van der Waals surface area (Å²) in [5.74, 6) is -0.101. The Hall–Kier alpha value is -1.89. The molecule has 26 heavy (non-hydrogen) atoms. The van der Waals surface area contributed by atoms with Crippen molar-refractivity contribution in [3.8, 4) is 0 Å². The number of hydrogen-bond donors (Lipinski definition) is 1. The van der Waals surface area contributed by atoms with E-state index in [-0.39, 0.29) is 12.0 Å². The highest BCUT2D eigenvalue weighted by molar-refractivity contribution is 7.99. The summed E-state index contributed by atoms with van der Waals surface area (Å²) in [4.78, 5) is 17.9. The maximum atomic E-state index is 12.5. The molecule has 0 aliphatic carbocycles. The van der Waals surface area contributed by atoms with E-state index in [1.54, 1.807) is 12.3 Å². The molecule has 6 heteroatoms. The summed E-state index contributed by atoms with van der Waals surface area (Å²) in [7, 11) is 0. The summed E-state index contributed by atoms with van der Waals surface area (Å²) in [6.45, 7) is 2.69. The molecule has 1 atom stereocenters. The molecule has 0 radical (unpaired) electrons. The molecule has 1 aromatic heterocycles. The minimum atomic E-state index is -0.101. The molecule has 1 amide bonds. The van der Waals surface area contributed by atoms with Gasteiger partial charge in [-0.3, -0.25) is 4.79 Å². The number of benzene rings is 1. The number of nitrogens with zero attached hydrogens (tertiary/aromatic N) is 1. The van der Waals surface area contributed by atoms with Crippen LogP contribution in [0.2, 0.25) is 0 Å². The zero-order chi connectivity index (χ0) is 18.0. The van der Waals surface area contributed by atoms with Gasteiger partial charge in [0.1, 0.15) is 5.03 Å². The van der Waals surface area contributed by atoms with Gasteiger partial charge in [-0.15, -0.1) is 0 Å². The van der Waals surface area contributed by atoms with Crippen LogP contribution in [0, 0.1) is 0 Å². The van der Waals surface area contributed by atoms with E-state index in [1.807, 2.05) is 36.4 Å². The second-order valence-corrected chi connectivity index (χ2v) is 7.15. The molecule has 1 fully saturated rings. The standard InChI is InChI=1S/C20H24N2O3S/c23-19(21-12-6-13-24-15-16-7-5-14-25-16)18-10-4-11-22-20(18)26-17-8-2-1-3-9-17/h1-4,8-11,16H,5-7,12-15H2,(H,21,23). The van der Waals surface area contributed by atoms with E-state index in [0.717, 1.165) is 30.8 Å². The second kappa shape index (κ2) is 10.3. The molecule has 2 aromatic rings. The van der Waals surface area contributed by atoms with Gasteiger partial charge in [0.25, 0.3) is 5.91 Å². The molecule has 1 aromatic carbocycles. The van der Waals surface area contributed by atoms with Crippen LogP contribution in [0.1, 0.15) is 29.6 Å². The average molecular weight is 372 g/mol. The summed E-state index contributed by atoms with van der Waals surface area (Å²) >= 11 is 1.49. The number of nitrogens with one attached hydrogen (secondary N) is 1. The molecule has 138 valence electrons. The smallest absolute Gasteiger partial charge is 0.254 e. The summed E-state index contributed by atoms with van der Waals surface area (Å²) in [5.41, 5.74) is 0.599. The Balaban J connectivity index is 1.42. The lowest BCUT2D eigenvalue weighted by Gasteiger charge is -2.11. The Labute approximate surface area is 158 Å². The van der Waals surface area contributed by atoms with Gasteiger partial charge < -0.3 is 14.8 Å². The van der Waals surface area contributed by atoms with Gasteiger partial charge in [-0.2, -0.15) is 0 Å². The van der Waals surface area contributed by atoms with Gasteiger partial charge in [0.05, 0.1) is 18.3 Å². The van der Waals surface area contributed by atoms with Crippen molar-refractivity contribution in [3.63, 3.8) is 0 Å². The molecule has 0 saturated carbocycles. The van der Waals surface area contributed by atoms with Gasteiger partial charge in [-0.25, -0.2) is 4.98 Å². The highest BCUT2D eigenvalue weighted by Gasteiger charge is 2.15. The topological polar surface area (TPSA) is 60.5 Å². The molecule has 0 bridgehead atoms. The van der Waals surface area contributed by atoms with Crippen LogP contribution >= 0.6 is 11.8 Å². The van der Waals surface area contributed by atoms with Gasteiger partial charge >= 0.3 is 0 Å². The molecule has 1 aliphatic heterocycles. The van der Waals surface area contributed by atoms with Crippen LogP contribution in [0.5, 0.6) is 0 Å². The predicted octanol–water partition coefficient (Wildman–Crippen LogP) is 3.55. The maximum Gasteiger partial charge on any atom is 0.254 e. The van der Waals surface area contributed by atoms with Crippen molar-refractivity contribution in [2.24, 2.45) is 0 Å². The monoisotopic (exact) mass is 372 g/mol. The van der Waals surface area contributed by atoms with E-state index in [1.165, 1.54) is 11.8 Å². The first-order chi connectivity index (χ1) is 12.8. The molecule has 1 saturated heterocycles. The van der Waals surface area contributed by atoms with E-state index in [4.69, 9.17) is 9.47 Å². The Kier molecular flexibility index (Phi) is 7.49. The van der Waals surface area contributed by atoms with Gasteiger partial charge in [0.15, 0.2) is 0 Å². The number of hydrogen-bond acceptors (Lipinski definition) is 5. The van der Waals surface area contributed by atoms with Crippen LogP contribution in [0.4, 0.5) is 0 Å². The molecule has 1 N–H and O–H groups in total. The number of amides is 1. The summed E-state index contributed by atoms with van der Waals surface area (Å²) in [6.07, 6.45) is 4.94. The maximum absolute atomic E-state index is 12.5. The number of pyridine rings is 1. The number of aromatic nitrogens is 1. The first-order valence-corrected chi connectivity index (χ1v) is 9.80. The molecular weight excluding hydrogens is 348 g/mol. The third-order valence-electron chi connectivity index (χ3n) is 4.05. The van der Waals surface area contributed by atoms with Gasteiger partial charge in [0, 0.05) is 30.9 Å². The lowest BCUT2D eigenvalue weighted by molar-refractivity contribution is 0.0166. The number of ether oxygens (including phenoxy) is 2. The molecule has 5 nitrogen and oxygen atoms in total. The lowest BCUT2D eigenvalue weighted by Crippen LogP contribution is -2.26. The molecule has 1 aliphatic rings. The minimum absolute atomic E-state index is 0.101. The van der Waals surface area contributed by atoms with E-state index in [2.05, 4.69) is 10.3 Å². The van der Waals surface area contributed by atoms with Crippen LogP contribution in [0.3, 0.4) is 0 Å². The van der Waals surface area contributed by atoms with Gasteiger partial charge in [-0.1, -0.05) is 30.0 Å². The summed E-state index contributed by atoms with van der Waals surface area (Å²) in [5, 5.41) is 3.66. The average Bonchev–Trinajstić information content (AvgIpc) is 3.19. The molecule has 3 rings (SSSR count). The predicted molar refractivity (Wildman–Crippen MR) is 102 cm³/mol. The number of carbonyl (C=O) groups is 1. The van der Waals surface area contributed by atoms with E-state index < -0.39 is 0 Å². The van der Waals surface area contributed by atoms with Crippen molar-refractivity contribution in [2.45, 2.75) is 35.3 Å². The molecule has 0 spiro atoms. The van der Waals surface area contributed by atoms with E-state index in [0.29, 0.717) is 30.3 Å². The van der Waals surface area contributed by atoms with Crippen LogP contribution in [-0.4, -0.2) is 43.4 Å². The van der Waals surface area contributed by atoms with Crippen LogP contribution < -0.4 is 5.32 Å². The Bertz CT molecular complexity index is 690. The van der Waals surface area contributed by atoms with Crippen molar-refractivity contribution in [2.75, 3.05) is 26.4 Å². The number of carbonyl (C=O) groups excluding carboxylic acids is 1. The summed E-state index contributed by atoms with van der Waals surface area (Å²) < 4.78 is 11.1. The largest absolute Gasteiger partial charge is 0.379 e. The fourth-order valence-electron chi connectivity index (χ4n) is 2.71. The molecule has 2 heterocycles. The molecule has 1 unspecified atom stereocenters. The molecular formula is C20H24N2O3S. The normalized spacial score (nSPS) is 16.5. The van der Waals surface area contributed by atoms with Gasteiger partial charge in [0.2, 0.25) is 0 Å². The number of rotatable bonds is 9. The SMILES string of the molecule is O=C(NCCCOCC1CCCO1)c1cccnc1Sc1ccccc1. The van der Waals surface area contributed by atoms with Crippen molar-refractivity contribution < 1.29 is 14.3 Å². The first kappa shape index (κ1) is 18.9. The quantitative estimate of drug-likeness (QED) is 0.682. The first-order valence-electron chi connectivity index (χ1n) is 8.98. The van der Waals surface area contributed by atoms with Crippen molar-refractivity contribution in [1.29, 1.82) is 0 Å². The summed E-state index contributed by atoms with van der Waals surface area (Å²) in [6, 6.07) is 13.5. The highest BCUT2D eigenvalue weighted by Crippen LogP contribution is 2.28. The zero-order valence-corrected chi connectivity index (χ0v) is 15.5. The Morgan fingerprint density at radius 2 is 2.15 bits per heavy atom. The minimum Gasteiger partial charge on any atom is -0.379 e. The Morgan fingerprint density at radius 3 is 2.96 bits per heavy atom. The highest BCUT2D eigenvalue weighted by atomic mass is 32.2. The van der Waals surface area contributed by atoms with Crippen LogP contribution in [0.25, 0.3) is 0 Å². The fourth-order valence-corrected chi connectivity index (χ4v) is 3.61.